The van der Waals surface area contributed by atoms with E-state index < -0.39 is 0 Å². The summed E-state index contributed by atoms with van der Waals surface area (Å²) >= 11 is 0. The monoisotopic (exact) mass is 258 g/mol. The minimum absolute atomic E-state index is 0.601. The van der Waals surface area contributed by atoms with Crippen LogP contribution in [-0.2, 0) is 0 Å². The van der Waals surface area contributed by atoms with Gasteiger partial charge in [-0.05, 0) is 26.0 Å². The molecule has 0 unspecified atom stereocenters. The SMILES string of the molecule is CC.CNc1nc(Nc2ccc(C)cc2)ncc1C. The van der Waals surface area contributed by atoms with Crippen LogP contribution in [0.5, 0.6) is 0 Å². The normalized spacial score (nSPS) is 9.32. The van der Waals surface area contributed by atoms with Gasteiger partial charge in [-0.1, -0.05) is 31.5 Å². The molecule has 0 saturated heterocycles. The lowest BCUT2D eigenvalue weighted by Crippen LogP contribution is -2.02. The molecule has 4 nitrogen and oxygen atoms in total. The molecule has 1 aromatic heterocycles. The van der Waals surface area contributed by atoms with E-state index in [1.54, 1.807) is 6.20 Å². The Labute approximate surface area is 115 Å². The molecule has 1 heterocycles. The molecule has 0 spiro atoms. The highest BCUT2D eigenvalue weighted by Crippen LogP contribution is 2.16. The zero-order valence-corrected chi connectivity index (χ0v) is 12.3. The Morgan fingerprint density at radius 3 is 2.21 bits per heavy atom. The quantitative estimate of drug-likeness (QED) is 0.876. The van der Waals surface area contributed by atoms with Gasteiger partial charge in [-0.3, -0.25) is 0 Å². The minimum Gasteiger partial charge on any atom is -0.373 e. The Morgan fingerprint density at radius 2 is 1.63 bits per heavy atom. The molecule has 0 bridgehead atoms. The van der Waals surface area contributed by atoms with Crippen molar-refractivity contribution in [2.24, 2.45) is 0 Å². The molecule has 0 aliphatic rings. The summed E-state index contributed by atoms with van der Waals surface area (Å²) < 4.78 is 0. The second-order valence-corrected chi connectivity index (χ2v) is 3.97. The predicted octanol–water partition coefficient (Wildman–Crippen LogP) is 3.90. The fourth-order valence-electron chi connectivity index (χ4n) is 1.52. The third kappa shape index (κ3) is 4.25. The van der Waals surface area contributed by atoms with Gasteiger partial charge in [0, 0.05) is 24.5 Å². The molecule has 0 aliphatic carbocycles. The van der Waals surface area contributed by atoms with E-state index in [0.29, 0.717) is 5.95 Å². The van der Waals surface area contributed by atoms with E-state index in [-0.39, 0.29) is 0 Å². The van der Waals surface area contributed by atoms with Crippen molar-refractivity contribution in [3.63, 3.8) is 0 Å². The summed E-state index contributed by atoms with van der Waals surface area (Å²) in [5.41, 5.74) is 3.25. The molecule has 0 saturated carbocycles. The first kappa shape index (κ1) is 15.0. The molecule has 2 aromatic rings. The second-order valence-electron chi connectivity index (χ2n) is 3.97. The Bertz CT molecular complexity index is 506. The summed E-state index contributed by atoms with van der Waals surface area (Å²) in [4.78, 5) is 8.62. The molecule has 0 aliphatic heterocycles. The third-order valence-electron chi connectivity index (χ3n) is 2.52. The lowest BCUT2D eigenvalue weighted by molar-refractivity contribution is 1.12. The molecule has 2 N–H and O–H groups in total. The molecular formula is C15H22N4. The highest BCUT2D eigenvalue weighted by molar-refractivity contribution is 5.56. The van der Waals surface area contributed by atoms with Crippen molar-refractivity contribution >= 4 is 17.5 Å². The summed E-state index contributed by atoms with van der Waals surface area (Å²) in [5.74, 6) is 1.44. The fourth-order valence-corrected chi connectivity index (χ4v) is 1.52. The Balaban J connectivity index is 0.000000861. The Hall–Kier alpha value is -2.10. The third-order valence-corrected chi connectivity index (χ3v) is 2.52. The smallest absolute Gasteiger partial charge is 0.229 e. The van der Waals surface area contributed by atoms with Gasteiger partial charge >= 0.3 is 0 Å². The van der Waals surface area contributed by atoms with Gasteiger partial charge in [0.15, 0.2) is 0 Å². The fraction of sp³-hybridized carbons (Fsp3) is 0.333. The molecule has 4 heteroatoms. The van der Waals surface area contributed by atoms with Crippen LogP contribution in [0.3, 0.4) is 0 Å². The molecule has 1 aromatic carbocycles. The maximum atomic E-state index is 4.38. The van der Waals surface area contributed by atoms with E-state index >= 15 is 0 Å². The van der Waals surface area contributed by atoms with E-state index in [2.05, 4.69) is 39.7 Å². The minimum atomic E-state index is 0.601. The van der Waals surface area contributed by atoms with Crippen molar-refractivity contribution in [2.75, 3.05) is 17.7 Å². The highest BCUT2D eigenvalue weighted by atomic mass is 15.1. The summed E-state index contributed by atoms with van der Waals surface area (Å²) in [6, 6.07) is 8.13. The maximum Gasteiger partial charge on any atom is 0.229 e. The van der Waals surface area contributed by atoms with Crippen molar-refractivity contribution in [2.45, 2.75) is 27.7 Å². The van der Waals surface area contributed by atoms with Gasteiger partial charge in [-0.2, -0.15) is 4.98 Å². The standard InChI is InChI=1S/C13H16N4.C2H6/c1-9-4-6-11(7-5-9)16-13-15-8-10(2)12(14-3)17-13;1-2/h4-8H,1-3H3,(H2,14,15,16,17);1-2H3. The number of hydrogen-bond acceptors (Lipinski definition) is 4. The van der Waals surface area contributed by atoms with E-state index in [0.717, 1.165) is 17.1 Å². The number of nitrogens with one attached hydrogen (secondary N) is 2. The summed E-state index contributed by atoms with van der Waals surface area (Å²) in [6.07, 6.45) is 1.80. The van der Waals surface area contributed by atoms with Crippen LogP contribution in [0.25, 0.3) is 0 Å². The van der Waals surface area contributed by atoms with Crippen LogP contribution in [0, 0.1) is 13.8 Å². The Kier molecular flexibility index (Phi) is 5.79. The van der Waals surface area contributed by atoms with Crippen LogP contribution >= 0.6 is 0 Å². The molecule has 2 rings (SSSR count). The van der Waals surface area contributed by atoms with Gasteiger partial charge in [0.2, 0.25) is 5.95 Å². The zero-order chi connectivity index (χ0) is 14.3. The molecule has 0 radical (unpaired) electrons. The van der Waals surface area contributed by atoms with Crippen molar-refractivity contribution in [3.8, 4) is 0 Å². The lowest BCUT2D eigenvalue weighted by Gasteiger charge is -2.08. The van der Waals surface area contributed by atoms with Gasteiger partial charge in [0.1, 0.15) is 5.82 Å². The molecule has 0 amide bonds. The van der Waals surface area contributed by atoms with Gasteiger partial charge in [-0.15, -0.1) is 0 Å². The zero-order valence-electron chi connectivity index (χ0n) is 12.3. The van der Waals surface area contributed by atoms with Crippen LogP contribution < -0.4 is 10.6 Å². The first-order valence-corrected chi connectivity index (χ1v) is 6.54. The van der Waals surface area contributed by atoms with Crippen LogP contribution in [0.4, 0.5) is 17.5 Å². The van der Waals surface area contributed by atoms with Gasteiger partial charge in [-0.25, -0.2) is 4.98 Å². The lowest BCUT2D eigenvalue weighted by atomic mass is 10.2. The average Bonchev–Trinajstić information content (AvgIpc) is 2.45. The van der Waals surface area contributed by atoms with Crippen LogP contribution in [0.15, 0.2) is 30.5 Å². The Morgan fingerprint density at radius 1 is 1.00 bits per heavy atom. The molecule has 0 fully saturated rings. The molecule has 0 atom stereocenters. The van der Waals surface area contributed by atoms with Crippen LogP contribution in [0.2, 0.25) is 0 Å². The first-order chi connectivity index (χ1) is 9.19. The number of anilines is 3. The first-order valence-electron chi connectivity index (χ1n) is 6.54. The van der Waals surface area contributed by atoms with E-state index in [4.69, 9.17) is 0 Å². The maximum absolute atomic E-state index is 4.38. The van der Waals surface area contributed by atoms with E-state index in [9.17, 15) is 0 Å². The largest absolute Gasteiger partial charge is 0.373 e. The highest BCUT2D eigenvalue weighted by Gasteiger charge is 2.02. The number of rotatable bonds is 3. The molecule has 102 valence electrons. The number of benzene rings is 1. The summed E-state index contributed by atoms with van der Waals surface area (Å²) in [7, 11) is 1.85. The van der Waals surface area contributed by atoms with Crippen molar-refractivity contribution in [1.82, 2.24) is 9.97 Å². The van der Waals surface area contributed by atoms with Gasteiger partial charge in [0.25, 0.3) is 0 Å². The van der Waals surface area contributed by atoms with Gasteiger partial charge < -0.3 is 10.6 Å². The topological polar surface area (TPSA) is 49.8 Å². The van der Waals surface area contributed by atoms with Crippen molar-refractivity contribution in [1.29, 1.82) is 0 Å². The van der Waals surface area contributed by atoms with E-state index in [1.807, 2.05) is 40.0 Å². The number of hydrogen-bond donors (Lipinski definition) is 2. The second kappa shape index (κ2) is 7.36. The summed E-state index contributed by atoms with van der Waals surface area (Å²) in [5, 5.41) is 6.21. The molecular weight excluding hydrogens is 236 g/mol. The van der Waals surface area contributed by atoms with Crippen LogP contribution in [0.1, 0.15) is 25.0 Å². The van der Waals surface area contributed by atoms with Crippen LogP contribution in [-0.4, -0.2) is 17.0 Å². The predicted molar refractivity (Wildman–Crippen MR) is 82.1 cm³/mol. The number of aromatic nitrogens is 2. The number of aryl methyl sites for hydroxylation is 2. The van der Waals surface area contributed by atoms with Crippen molar-refractivity contribution < 1.29 is 0 Å². The summed E-state index contributed by atoms with van der Waals surface area (Å²) in [6.45, 7) is 8.03. The van der Waals surface area contributed by atoms with E-state index in [1.165, 1.54) is 5.56 Å². The molecule has 19 heavy (non-hydrogen) atoms. The van der Waals surface area contributed by atoms with Gasteiger partial charge in [0.05, 0.1) is 0 Å². The average molecular weight is 258 g/mol. The number of nitrogens with zero attached hydrogens (tertiary/aromatic N) is 2. The van der Waals surface area contributed by atoms with Crippen molar-refractivity contribution in [3.05, 3.63) is 41.6 Å².